The first-order valence-corrected chi connectivity index (χ1v) is 9.12. The number of benzene rings is 1. The maximum atomic E-state index is 13.3. The number of carbonyl (C=O) groups is 1. The lowest BCUT2D eigenvalue weighted by molar-refractivity contribution is -0.133. The van der Waals surface area contributed by atoms with Crippen LogP contribution >= 0.6 is 0 Å². The van der Waals surface area contributed by atoms with Crippen molar-refractivity contribution in [1.29, 1.82) is 0 Å². The molecule has 1 N–H and O–H groups in total. The van der Waals surface area contributed by atoms with E-state index in [9.17, 15) is 9.90 Å². The number of nitrogens with zero attached hydrogens (tertiary/aromatic N) is 2. The number of ether oxygens (including phenoxy) is 1. The molecular formula is C21H24N2O3. The molecule has 2 aromatic rings. The van der Waals surface area contributed by atoms with Gasteiger partial charge in [-0.3, -0.25) is 9.78 Å². The van der Waals surface area contributed by atoms with Gasteiger partial charge in [-0.2, -0.15) is 0 Å². The highest BCUT2D eigenvalue weighted by Gasteiger charge is 2.54. The molecule has 1 aliphatic carbocycles. The molecule has 4 rings (SSSR count). The fraction of sp³-hybridized carbons (Fsp3) is 0.429. The molecule has 26 heavy (non-hydrogen) atoms. The van der Waals surface area contributed by atoms with Crippen molar-refractivity contribution in [2.45, 2.75) is 24.2 Å². The van der Waals surface area contributed by atoms with Crippen molar-refractivity contribution in [2.75, 3.05) is 26.8 Å². The van der Waals surface area contributed by atoms with Gasteiger partial charge in [0.1, 0.15) is 5.75 Å². The van der Waals surface area contributed by atoms with E-state index in [0.29, 0.717) is 13.1 Å². The van der Waals surface area contributed by atoms with Crippen molar-refractivity contribution >= 4 is 5.91 Å². The van der Waals surface area contributed by atoms with Gasteiger partial charge in [-0.25, -0.2) is 0 Å². The molecule has 0 radical (unpaired) electrons. The van der Waals surface area contributed by atoms with Gasteiger partial charge in [-0.15, -0.1) is 0 Å². The summed E-state index contributed by atoms with van der Waals surface area (Å²) in [4.78, 5) is 19.3. The zero-order valence-electron chi connectivity index (χ0n) is 15.0. The third-order valence-electron chi connectivity index (χ3n) is 5.90. The number of pyridine rings is 1. The summed E-state index contributed by atoms with van der Waals surface area (Å²) in [6.07, 6.45) is 5.32. The number of aliphatic hydroxyl groups excluding tert-OH is 1. The zero-order valence-corrected chi connectivity index (χ0v) is 15.0. The minimum absolute atomic E-state index is 0.0769. The van der Waals surface area contributed by atoms with E-state index in [0.717, 1.165) is 29.7 Å². The number of aromatic nitrogens is 1. The molecule has 136 valence electrons. The van der Waals surface area contributed by atoms with E-state index in [4.69, 9.17) is 4.74 Å². The molecular weight excluding hydrogens is 328 g/mol. The van der Waals surface area contributed by atoms with Crippen LogP contribution in [0.5, 0.6) is 5.75 Å². The standard InChI is InChI=1S/C21H24N2O3/c1-26-18-4-2-17(3-5-18)21(8-9-21)20(25)23-12-16(14-24)19(13-23)15-6-10-22-11-7-15/h2-7,10-11,16,19,24H,8-9,12-14H2,1H3/t16-,19-/m0/s1. The van der Waals surface area contributed by atoms with Gasteiger partial charge in [0, 0.05) is 43.9 Å². The molecule has 0 unspecified atom stereocenters. The molecule has 1 saturated carbocycles. The molecule has 2 atom stereocenters. The third-order valence-corrected chi connectivity index (χ3v) is 5.90. The number of amides is 1. The Kier molecular flexibility index (Phi) is 4.41. The van der Waals surface area contributed by atoms with Crippen molar-refractivity contribution in [3.05, 3.63) is 59.9 Å². The maximum absolute atomic E-state index is 13.3. The Morgan fingerprint density at radius 3 is 2.46 bits per heavy atom. The van der Waals surface area contributed by atoms with Crippen LogP contribution < -0.4 is 4.74 Å². The summed E-state index contributed by atoms with van der Waals surface area (Å²) in [5, 5.41) is 9.82. The Labute approximate surface area is 153 Å². The van der Waals surface area contributed by atoms with Crippen LogP contribution in [0.3, 0.4) is 0 Å². The SMILES string of the molecule is COc1ccc(C2(C(=O)N3C[C@@H](CO)[C@H](c4ccncc4)C3)CC2)cc1. The van der Waals surface area contributed by atoms with Crippen LogP contribution in [0.1, 0.15) is 29.9 Å². The fourth-order valence-corrected chi connectivity index (χ4v) is 4.17. The van der Waals surface area contributed by atoms with Crippen LogP contribution in [-0.2, 0) is 10.2 Å². The van der Waals surface area contributed by atoms with E-state index < -0.39 is 0 Å². The molecule has 1 amide bonds. The number of carbonyl (C=O) groups excluding carboxylic acids is 1. The van der Waals surface area contributed by atoms with Crippen LogP contribution in [0.25, 0.3) is 0 Å². The lowest BCUT2D eigenvalue weighted by Gasteiger charge is -2.24. The fourth-order valence-electron chi connectivity index (χ4n) is 4.17. The van der Waals surface area contributed by atoms with Crippen LogP contribution in [0.4, 0.5) is 0 Å². The Balaban J connectivity index is 1.54. The van der Waals surface area contributed by atoms with Gasteiger partial charge in [-0.05, 0) is 48.2 Å². The van der Waals surface area contributed by atoms with Crippen molar-refractivity contribution in [1.82, 2.24) is 9.88 Å². The van der Waals surface area contributed by atoms with E-state index in [2.05, 4.69) is 4.98 Å². The predicted molar refractivity (Wildman–Crippen MR) is 98.0 cm³/mol. The maximum Gasteiger partial charge on any atom is 0.233 e. The lowest BCUT2D eigenvalue weighted by Crippen LogP contribution is -2.38. The summed E-state index contributed by atoms with van der Waals surface area (Å²) in [5.41, 5.74) is 1.82. The Morgan fingerprint density at radius 2 is 1.88 bits per heavy atom. The van der Waals surface area contributed by atoms with E-state index >= 15 is 0 Å². The predicted octanol–water partition coefficient (Wildman–Crippen LogP) is 2.36. The van der Waals surface area contributed by atoms with Crippen molar-refractivity contribution in [3.8, 4) is 5.75 Å². The molecule has 1 aromatic carbocycles. The highest BCUT2D eigenvalue weighted by atomic mass is 16.5. The topological polar surface area (TPSA) is 62.7 Å². The van der Waals surface area contributed by atoms with Crippen molar-refractivity contribution in [3.63, 3.8) is 0 Å². The van der Waals surface area contributed by atoms with E-state index in [-0.39, 0.29) is 29.8 Å². The summed E-state index contributed by atoms with van der Waals surface area (Å²) >= 11 is 0. The monoisotopic (exact) mass is 352 g/mol. The van der Waals surface area contributed by atoms with E-state index in [1.807, 2.05) is 41.3 Å². The molecule has 5 heteroatoms. The summed E-state index contributed by atoms with van der Waals surface area (Å²) in [6, 6.07) is 11.8. The highest BCUT2D eigenvalue weighted by molar-refractivity contribution is 5.91. The van der Waals surface area contributed by atoms with Gasteiger partial charge in [0.25, 0.3) is 0 Å². The number of likely N-dealkylation sites (tertiary alicyclic amines) is 1. The number of hydrogen-bond acceptors (Lipinski definition) is 4. The summed E-state index contributed by atoms with van der Waals surface area (Å²) in [7, 11) is 1.64. The Bertz CT molecular complexity index is 772. The quantitative estimate of drug-likeness (QED) is 0.897. The molecule has 0 bridgehead atoms. The normalized spacial score (nSPS) is 23.7. The third kappa shape index (κ3) is 2.86. The number of aliphatic hydroxyl groups is 1. The van der Waals surface area contributed by atoms with Crippen LogP contribution in [0, 0.1) is 5.92 Å². The first-order chi connectivity index (χ1) is 12.7. The molecule has 2 fully saturated rings. The average molecular weight is 352 g/mol. The van der Waals surface area contributed by atoms with Gasteiger partial charge in [0.15, 0.2) is 0 Å². The minimum Gasteiger partial charge on any atom is -0.497 e. The number of methoxy groups -OCH3 is 1. The van der Waals surface area contributed by atoms with Gasteiger partial charge in [0.05, 0.1) is 12.5 Å². The van der Waals surface area contributed by atoms with Crippen molar-refractivity contribution < 1.29 is 14.6 Å². The van der Waals surface area contributed by atoms with E-state index in [1.54, 1.807) is 19.5 Å². The van der Waals surface area contributed by atoms with Crippen molar-refractivity contribution in [2.24, 2.45) is 5.92 Å². The molecule has 1 saturated heterocycles. The van der Waals surface area contributed by atoms with Gasteiger partial charge in [0.2, 0.25) is 5.91 Å². The number of hydrogen-bond donors (Lipinski definition) is 1. The number of rotatable bonds is 5. The van der Waals surface area contributed by atoms with E-state index in [1.165, 1.54) is 0 Å². The van der Waals surface area contributed by atoms with Crippen LogP contribution in [0.15, 0.2) is 48.8 Å². The van der Waals surface area contributed by atoms with Gasteiger partial charge >= 0.3 is 0 Å². The summed E-state index contributed by atoms with van der Waals surface area (Å²) in [6.45, 7) is 1.36. The first-order valence-electron chi connectivity index (χ1n) is 9.12. The smallest absolute Gasteiger partial charge is 0.233 e. The lowest BCUT2D eigenvalue weighted by atomic mass is 9.90. The summed E-state index contributed by atoms with van der Waals surface area (Å²) < 4.78 is 5.23. The second-order valence-electron chi connectivity index (χ2n) is 7.35. The second-order valence-corrected chi connectivity index (χ2v) is 7.35. The largest absolute Gasteiger partial charge is 0.497 e. The zero-order chi connectivity index (χ0) is 18.1. The minimum atomic E-state index is -0.389. The van der Waals surface area contributed by atoms with Crippen LogP contribution in [-0.4, -0.2) is 47.7 Å². The van der Waals surface area contributed by atoms with Gasteiger partial charge in [-0.1, -0.05) is 12.1 Å². The molecule has 2 aliphatic rings. The molecule has 0 spiro atoms. The average Bonchev–Trinajstić information content (AvgIpc) is 3.40. The Hall–Kier alpha value is -2.40. The molecule has 1 aliphatic heterocycles. The molecule has 2 heterocycles. The Morgan fingerprint density at radius 1 is 1.19 bits per heavy atom. The first kappa shape index (κ1) is 17.0. The molecule has 1 aromatic heterocycles. The highest BCUT2D eigenvalue weighted by Crippen LogP contribution is 2.51. The van der Waals surface area contributed by atoms with Gasteiger partial charge < -0.3 is 14.7 Å². The second kappa shape index (κ2) is 6.72. The summed E-state index contributed by atoms with van der Waals surface area (Å²) in [5.74, 6) is 1.24. The molecule has 5 nitrogen and oxygen atoms in total. The van der Waals surface area contributed by atoms with Crippen LogP contribution in [0.2, 0.25) is 0 Å².